The van der Waals surface area contributed by atoms with Crippen LogP contribution in [0.25, 0.3) is 22.2 Å². The first kappa shape index (κ1) is 20.8. The number of hydrogen-bond donors (Lipinski definition) is 0. The minimum Gasteiger partial charge on any atom is -0.336 e. The normalized spacial score (nSPS) is 20.5. The van der Waals surface area contributed by atoms with Gasteiger partial charge in [-0.25, -0.2) is 0 Å². The van der Waals surface area contributed by atoms with Gasteiger partial charge in [0.2, 0.25) is 0 Å². The van der Waals surface area contributed by atoms with Crippen LogP contribution in [0.3, 0.4) is 0 Å². The van der Waals surface area contributed by atoms with Crippen molar-refractivity contribution in [3.05, 3.63) is 59.7 Å². The topological polar surface area (TPSA) is 11.4 Å². The molecule has 5 rings (SSSR count). The van der Waals surface area contributed by atoms with Crippen LogP contribution in [0.4, 0.5) is 0 Å². The molecule has 1 saturated carbocycles. The molecule has 2 aliphatic rings. The van der Waals surface area contributed by atoms with Gasteiger partial charge in [0, 0.05) is 48.7 Å². The number of benzene rings is 2. The smallest absolute Gasteiger partial charge is 0.0532 e. The van der Waals surface area contributed by atoms with E-state index in [1.54, 1.807) is 5.56 Å². The maximum atomic E-state index is 2.69. The molecule has 1 unspecified atom stereocenters. The number of nitrogens with zero attached hydrogens (tertiary/aromatic N) is 3. The summed E-state index contributed by atoms with van der Waals surface area (Å²) in [5.41, 5.74) is 7.52. The van der Waals surface area contributed by atoms with Crippen LogP contribution in [-0.2, 0) is 6.54 Å². The SMILES string of the molecule is CC1CN(CCN(C)C)Cc2ccccc2-c2c(C3CCCCC3)c3ccccc3n21. The zero-order chi connectivity index (χ0) is 21.4. The van der Waals surface area contributed by atoms with Crippen molar-refractivity contribution in [2.75, 3.05) is 33.7 Å². The molecule has 0 radical (unpaired) electrons. The van der Waals surface area contributed by atoms with Gasteiger partial charge in [0.05, 0.1) is 5.69 Å². The molecule has 3 nitrogen and oxygen atoms in total. The Morgan fingerprint density at radius 2 is 1.68 bits per heavy atom. The first-order valence-corrected chi connectivity index (χ1v) is 12.2. The quantitative estimate of drug-likeness (QED) is 0.496. The van der Waals surface area contributed by atoms with Crippen molar-refractivity contribution in [1.82, 2.24) is 14.4 Å². The summed E-state index contributed by atoms with van der Waals surface area (Å²) >= 11 is 0. The fourth-order valence-electron chi connectivity index (χ4n) is 5.99. The molecule has 0 N–H and O–H groups in total. The average molecular weight is 416 g/mol. The summed E-state index contributed by atoms with van der Waals surface area (Å²) in [6.07, 6.45) is 6.83. The van der Waals surface area contributed by atoms with Crippen LogP contribution < -0.4 is 0 Å². The molecule has 1 atom stereocenters. The molecular weight excluding hydrogens is 378 g/mol. The first-order valence-electron chi connectivity index (χ1n) is 12.2. The molecule has 0 saturated heterocycles. The molecule has 164 valence electrons. The highest BCUT2D eigenvalue weighted by Crippen LogP contribution is 2.46. The van der Waals surface area contributed by atoms with Crippen LogP contribution in [0, 0.1) is 0 Å². The lowest BCUT2D eigenvalue weighted by Crippen LogP contribution is -2.36. The van der Waals surface area contributed by atoms with E-state index >= 15 is 0 Å². The second kappa shape index (κ2) is 8.80. The number of fused-ring (bicyclic) bond motifs is 5. The summed E-state index contributed by atoms with van der Waals surface area (Å²) in [7, 11) is 4.35. The minimum absolute atomic E-state index is 0.452. The van der Waals surface area contributed by atoms with Gasteiger partial charge in [-0.1, -0.05) is 61.7 Å². The van der Waals surface area contributed by atoms with E-state index in [-0.39, 0.29) is 0 Å². The number of aromatic nitrogens is 1. The van der Waals surface area contributed by atoms with E-state index in [4.69, 9.17) is 0 Å². The molecule has 1 aliphatic heterocycles. The third-order valence-corrected chi connectivity index (χ3v) is 7.46. The lowest BCUT2D eigenvalue weighted by molar-refractivity contribution is 0.207. The maximum Gasteiger partial charge on any atom is 0.0532 e. The highest BCUT2D eigenvalue weighted by Gasteiger charge is 2.30. The Bertz CT molecular complexity index is 1040. The van der Waals surface area contributed by atoms with E-state index in [1.165, 1.54) is 59.8 Å². The molecule has 0 bridgehead atoms. The van der Waals surface area contributed by atoms with Crippen molar-refractivity contribution in [2.45, 2.75) is 57.5 Å². The van der Waals surface area contributed by atoms with E-state index in [1.807, 2.05) is 0 Å². The predicted molar refractivity (Wildman–Crippen MR) is 132 cm³/mol. The minimum atomic E-state index is 0.452. The third kappa shape index (κ3) is 3.94. The number of para-hydroxylation sites is 1. The van der Waals surface area contributed by atoms with Crippen LogP contribution in [0.5, 0.6) is 0 Å². The van der Waals surface area contributed by atoms with E-state index in [0.717, 1.165) is 26.2 Å². The van der Waals surface area contributed by atoms with Gasteiger partial charge in [-0.15, -0.1) is 0 Å². The highest BCUT2D eigenvalue weighted by atomic mass is 15.2. The first-order chi connectivity index (χ1) is 15.1. The van der Waals surface area contributed by atoms with Crippen molar-refractivity contribution < 1.29 is 0 Å². The van der Waals surface area contributed by atoms with Crippen LogP contribution in [0.15, 0.2) is 48.5 Å². The largest absolute Gasteiger partial charge is 0.336 e. The van der Waals surface area contributed by atoms with Crippen LogP contribution in [0.2, 0.25) is 0 Å². The van der Waals surface area contributed by atoms with E-state index in [9.17, 15) is 0 Å². The Morgan fingerprint density at radius 3 is 2.48 bits per heavy atom. The molecule has 1 aromatic heterocycles. The third-order valence-electron chi connectivity index (χ3n) is 7.46. The van der Waals surface area contributed by atoms with Gasteiger partial charge < -0.3 is 9.47 Å². The van der Waals surface area contributed by atoms with Crippen molar-refractivity contribution >= 4 is 10.9 Å². The van der Waals surface area contributed by atoms with Gasteiger partial charge >= 0.3 is 0 Å². The van der Waals surface area contributed by atoms with Gasteiger partial charge in [0.1, 0.15) is 0 Å². The summed E-state index contributed by atoms with van der Waals surface area (Å²) < 4.78 is 2.69. The zero-order valence-corrected chi connectivity index (χ0v) is 19.5. The maximum absolute atomic E-state index is 2.69. The lowest BCUT2D eigenvalue weighted by atomic mass is 9.81. The van der Waals surface area contributed by atoms with Crippen molar-refractivity contribution in [1.29, 1.82) is 0 Å². The van der Waals surface area contributed by atoms with Gasteiger partial charge in [0.25, 0.3) is 0 Å². The Labute approximate surface area is 187 Å². The van der Waals surface area contributed by atoms with Crippen LogP contribution in [0.1, 0.15) is 62.1 Å². The molecule has 1 fully saturated rings. The Morgan fingerprint density at radius 1 is 0.935 bits per heavy atom. The average Bonchev–Trinajstić information content (AvgIpc) is 3.12. The Balaban J connectivity index is 1.71. The molecule has 1 aliphatic carbocycles. The predicted octanol–water partition coefficient (Wildman–Crippen LogP) is 6.29. The number of hydrogen-bond acceptors (Lipinski definition) is 2. The number of rotatable bonds is 4. The molecule has 2 heterocycles. The van der Waals surface area contributed by atoms with Crippen molar-refractivity contribution in [3.8, 4) is 11.3 Å². The molecule has 0 amide bonds. The Hall–Kier alpha value is -2.10. The van der Waals surface area contributed by atoms with Gasteiger partial charge in [-0.05, 0) is 57.0 Å². The van der Waals surface area contributed by atoms with Gasteiger partial charge in [-0.3, -0.25) is 4.90 Å². The monoisotopic (exact) mass is 415 g/mol. The molecule has 3 aromatic rings. The highest BCUT2D eigenvalue weighted by molar-refractivity contribution is 5.93. The van der Waals surface area contributed by atoms with Crippen LogP contribution in [-0.4, -0.2) is 48.1 Å². The molecular formula is C28H37N3. The van der Waals surface area contributed by atoms with Gasteiger partial charge in [0.15, 0.2) is 0 Å². The molecule has 3 heteroatoms. The van der Waals surface area contributed by atoms with Gasteiger partial charge in [-0.2, -0.15) is 0 Å². The lowest BCUT2D eigenvalue weighted by Gasteiger charge is -2.33. The van der Waals surface area contributed by atoms with Crippen molar-refractivity contribution in [2.24, 2.45) is 0 Å². The molecule has 31 heavy (non-hydrogen) atoms. The molecule has 0 spiro atoms. The summed E-state index contributed by atoms with van der Waals surface area (Å²) in [6.45, 7) is 6.77. The fraction of sp³-hybridized carbons (Fsp3) is 0.500. The summed E-state index contributed by atoms with van der Waals surface area (Å²) in [5, 5.41) is 1.49. The second-order valence-corrected chi connectivity index (χ2v) is 10.0. The number of likely N-dealkylation sites (N-methyl/N-ethyl adjacent to an activating group) is 1. The van der Waals surface area contributed by atoms with E-state index < -0.39 is 0 Å². The zero-order valence-electron chi connectivity index (χ0n) is 19.5. The fourth-order valence-corrected chi connectivity index (χ4v) is 5.99. The van der Waals surface area contributed by atoms with E-state index in [2.05, 4.69) is 83.9 Å². The Kier molecular flexibility index (Phi) is 5.90. The van der Waals surface area contributed by atoms with Crippen molar-refractivity contribution in [3.63, 3.8) is 0 Å². The summed E-state index contributed by atoms with van der Waals surface area (Å²) in [4.78, 5) is 4.95. The standard InChI is InChI=1S/C28H37N3/c1-21-19-30(18-17-29(2)3)20-23-13-7-8-14-24(23)28-27(22-11-5-4-6-12-22)25-15-9-10-16-26(25)31(21)28/h7-10,13-16,21-22H,4-6,11-12,17-20H2,1-3H3. The van der Waals surface area contributed by atoms with E-state index in [0.29, 0.717) is 12.0 Å². The second-order valence-electron chi connectivity index (χ2n) is 10.0. The molecule has 2 aromatic carbocycles. The summed E-state index contributed by atoms with van der Waals surface area (Å²) in [6, 6.07) is 18.9. The summed E-state index contributed by atoms with van der Waals surface area (Å²) in [5.74, 6) is 0.694. The van der Waals surface area contributed by atoms with Crippen LogP contribution >= 0.6 is 0 Å².